The fourth-order valence-electron chi connectivity index (χ4n) is 2.05. The molecule has 2 rings (SSSR count). The lowest BCUT2D eigenvalue weighted by molar-refractivity contribution is 0.573. The highest BCUT2D eigenvalue weighted by Gasteiger charge is 2.07. The molecule has 1 unspecified atom stereocenters. The Hall–Kier alpha value is -1.13. The Morgan fingerprint density at radius 1 is 1.50 bits per heavy atom. The van der Waals surface area contributed by atoms with Gasteiger partial charge in [0.25, 0.3) is 0 Å². The molecule has 0 aliphatic rings. The van der Waals surface area contributed by atoms with Crippen LogP contribution in [0.1, 0.15) is 36.9 Å². The Balaban J connectivity index is 1.79. The van der Waals surface area contributed by atoms with Gasteiger partial charge in [0.05, 0.1) is 5.01 Å². The molecule has 0 aliphatic carbocycles. The van der Waals surface area contributed by atoms with Gasteiger partial charge in [-0.15, -0.1) is 11.3 Å². The summed E-state index contributed by atoms with van der Waals surface area (Å²) in [6.45, 7) is 7.44. The third-order valence-corrected chi connectivity index (χ3v) is 4.02. The molecule has 2 heterocycles. The molecule has 0 aliphatic heterocycles. The number of thiazole rings is 1. The molecule has 1 atom stereocenters. The van der Waals surface area contributed by atoms with Crippen molar-refractivity contribution >= 4 is 11.3 Å². The van der Waals surface area contributed by atoms with E-state index in [1.807, 2.05) is 11.6 Å². The molecule has 4 heteroatoms. The maximum atomic E-state index is 4.35. The van der Waals surface area contributed by atoms with E-state index in [1.54, 1.807) is 11.3 Å². The lowest BCUT2D eigenvalue weighted by atomic mass is 10.2. The van der Waals surface area contributed by atoms with Crippen molar-refractivity contribution in [2.24, 2.45) is 0 Å². The normalized spacial score (nSPS) is 12.8. The van der Waals surface area contributed by atoms with Crippen LogP contribution in [0.5, 0.6) is 0 Å². The van der Waals surface area contributed by atoms with Gasteiger partial charge >= 0.3 is 0 Å². The van der Waals surface area contributed by atoms with E-state index in [2.05, 4.69) is 47.0 Å². The molecule has 1 N–H and O–H groups in total. The maximum Gasteiger partial charge on any atom is 0.0965 e. The Morgan fingerprint density at radius 3 is 3.11 bits per heavy atom. The van der Waals surface area contributed by atoms with Gasteiger partial charge in [-0.05, 0) is 18.6 Å². The predicted molar refractivity (Wildman–Crippen MR) is 77.0 cm³/mol. The van der Waals surface area contributed by atoms with Crippen LogP contribution >= 0.6 is 11.3 Å². The van der Waals surface area contributed by atoms with E-state index >= 15 is 0 Å². The van der Waals surface area contributed by atoms with Crippen LogP contribution in [0.4, 0.5) is 0 Å². The van der Waals surface area contributed by atoms with Gasteiger partial charge in [0.2, 0.25) is 0 Å². The zero-order valence-corrected chi connectivity index (χ0v) is 11.9. The van der Waals surface area contributed by atoms with Crippen LogP contribution in [0, 0.1) is 0 Å². The Bertz CT molecular complexity index is 447. The second-order valence-corrected chi connectivity index (χ2v) is 5.52. The summed E-state index contributed by atoms with van der Waals surface area (Å²) in [4.78, 5) is 4.35. The molecule has 98 valence electrons. The molecular formula is C14H21N3S. The number of rotatable bonds is 7. The van der Waals surface area contributed by atoms with Crippen LogP contribution in [0.3, 0.4) is 0 Å². The maximum absolute atomic E-state index is 4.35. The van der Waals surface area contributed by atoms with Crippen molar-refractivity contribution in [1.29, 1.82) is 0 Å². The number of aryl methyl sites for hydroxylation is 1. The summed E-state index contributed by atoms with van der Waals surface area (Å²) >= 11 is 1.73. The second kappa shape index (κ2) is 6.71. The number of aromatic nitrogens is 2. The number of nitrogens with zero attached hydrogens (tertiary/aromatic N) is 2. The summed E-state index contributed by atoms with van der Waals surface area (Å²) in [7, 11) is 0. The summed E-state index contributed by atoms with van der Waals surface area (Å²) in [5, 5.41) is 6.77. The number of nitrogens with one attached hydrogen (secondary N) is 1. The average Bonchev–Trinajstić information content (AvgIpc) is 3.01. The highest BCUT2D eigenvalue weighted by molar-refractivity contribution is 7.09. The monoisotopic (exact) mass is 263 g/mol. The highest BCUT2D eigenvalue weighted by Crippen LogP contribution is 2.16. The van der Waals surface area contributed by atoms with Crippen molar-refractivity contribution in [3.05, 3.63) is 40.6 Å². The van der Waals surface area contributed by atoms with Gasteiger partial charge in [0.15, 0.2) is 0 Å². The van der Waals surface area contributed by atoms with E-state index in [-0.39, 0.29) is 0 Å². The van der Waals surface area contributed by atoms with Crippen molar-refractivity contribution in [1.82, 2.24) is 14.9 Å². The molecular weight excluding hydrogens is 242 g/mol. The molecule has 0 spiro atoms. The first-order valence-electron chi connectivity index (χ1n) is 6.55. The van der Waals surface area contributed by atoms with Crippen LogP contribution in [-0.4, -0.2) is 16.1 Å². The molecule has 0 saturated heterocycles. The first kappa shape index (κ1) is 13.3. The van der Waals surface area contributed by atoms with E-state index in [9.17, 15) is 0 Å². The van der Waals surface area contributed by atoms with Crippen LogP contribution in [0.15, 0.2) is 29.9 Å². The molecule has 18 heavy (non-hydrogen) atoms. The predicted octanol–water partition coefficient (Wildman–Crippen LogP) is 3.25. The van der Waals surface area contributed by atoms with Gasteiger partial charge in [-0.25, -0.2) is 4.98 Å². The summed E-state index contributed by atoms with van der Waals surface area (Å²) in [6.07, 6.45) is 5.21. The molecule has 0 fully saturated rings. The lowest BCUT2D eigenvalue weighted by Crippen LogP contribution is -2.21. The van der Waals surface area contributed by atoms with Crippen LogP contribution in [0.25, 0.3) is 0 Å². The average molecular weight is 263 g/mol. The van der Waals surface area contributed by atoms with E-state index in [4.69, 9.17) is 0 Å². The van der Waals surface area contributed by atoms with Crippen molar-refractivity contribution in [3.8, 4) is 0 Å². The minimum absolute atomic E-state index is 0.486. The SMILES string of the molecule is CCCn1cccc1CNCC(C)c1nccs1. The van der Waals surface area contributed by atoms with Crippen molar-refractivity contribution < 1.29 is 0 Å². The molecule has 3 nitrogen and oxygen atoms in total. The molecule has 2 aromatic heterocycles. The van der Waals surface area contributed by atoms with E-state index in [1.165, 1.54) is 17.1 Å². The van der Waals surface area contributed by atoms with Crippen molar-refractivity contribution in [3.63, 3.8) is 0 Å². The third kappa shape index (κ3) is 3.43. The molecule has 0 radical (unpaired) electrons. The van der Waals surface area contributed by atoms with Gasteiger partial charge in [-0.3, -0.25) is 0 Å². The van der Waals surface area contributed by atoms with E-state index in [0.717, 1.165) is 19.6 Å². The molecule has 2 aromatic rings. The molecule has 0 bridgehead atoms. The number of hydrogen-bond donors (Lipinski definition) is 1. The summed E-state index contributed by atoms with van der Waals surface area (Å²) in [5.74, 6) is 0.486. The van der Waals surface area contributed by atoms with Gasteiger partial charge in [-0.2, -0.15) is 0 Å². The fraction of sp³-hybridized carbons (Fsp3) is 0.500. The molecule has 0 aromatic carbocycles. The lowest BCUT2D eigenvalue weighted by Gasteiger charge is -2.12. The van der Waals surface area contributed by atoms with Crippen LogP contribution in [0.2, 0.25) is 0 Å². The third-order valence-electron chi connectivity index (χ3n) is 3.02. The zero-order valence-electron chi connectivity index (χ0n) is 11.1. The largest absolute Gasteiger partial charge is 0.350 e. The summed E-state index contributed by atoms with van der Waals surface area (Å²) < 4.78 is 2.32. The smallest absolute Gasteiger partial charge is 0.0965 e. The van der Waals surface area contributed by atoms with E-state index in [0.29, 0.717) is 5.92 Å². The van der Waals surface area contributed by atoms with Gasteiger partial charge in [-0.1, -0.05) is 13.8 Å². The number of hydrogen-bond acceptors (Lipinski definition) is 3. The Kier molecular flexibility index (Phi) is 4.96. The highest BCUT2D eigenvalue weighted by atomic mass is 32.1. The minimum Gasteiger partial charge on any atom is -0.350 e. The van der Waals surface area contributed by atoms with Crippen molar-refractivity contribution in [2.75, 3.05) is 6.54 Å². The zero-order chi connectivity index (χ0) is 12.8. The minimum atomic E-state index is 0.486. The first-order chi connectivity index (χ1) is 8.81. The van der Waals surface area contributed by atoms with Gasteiger partial charge in [0, 0.05) is 49.0 Å². The Morgan fingerprint density at radius 2 is 2.39 bits per heavy atom. The van der Waals surface area contributed by atoms with Crippen molar-refractivity contribution in [2.45, 2.75) is 39.3 Å². The summed E-state index contributed by atoms with van der Waals surface area (Å²) in [5.41, 5.74) is 1.36. The van der Waals surface area contributed by atoms with Crippen LogP contribution < -0.4 is 5.32 Å². The quantitative estimate of drug-likeness (QED) is 0.831. The second-order valence-electron chi connectivity index (χ2n) is 4.60. The van der Waals surface area contributed by atoms with Crippen LogP contribution in [-0.2, 0) is 13.1 Å². The van der Waals surface area contributed by atoms with E-state index < -0.39 is 0 Å². The Labute approximate surface area is 113 Å². The molecule has 0 amide bonds. The first-order valence-corrected chi connectivity index (χ1v) is 7.43. The molecule has 0 saturated carbocycles. The van der Waals surface area contributed by atoms with Gasteiger partial charge < -0.3 is 9.88 Å². The summed E-state index contributed by atoms with van der Waals surface area (Å²) in [6, 6.07) is 4.31. The topological polar surface area (TPSA) is 29.9 Å². The van der Waals surface area contributed by atoms with Gasteiger partial charge in [0.1, 0.15) is 0 Å². The fourth-order valence-corrected chi connectivity index (χ4v) is 2.75. The standard InChI is InChI=1S/C14H21N3S/c1-3-7-17-8-4-5-13(17)11-15-10-12(2)14-16-6-9-18-14/h4-6,8-9,12,15H,3,7,10-11H2,1-2H3.